The van der Waals surface area contributed by atoms with E-state index in [1.807, 2.05) is 4.90 Å². The van der Waals surface area contributed by atoms with Crippen LogP contribution in [0.15, 0.2) is 0 Å². The average molecular weight is 231 g/mol. The van der Waals surface area contributed by atoms with Crippen LogP contribution in [0.2, 0.25) is 0 Å². The van der Waals surface area contributed by atoms with Gasteiger partial charge in [0, 0.05) is 24.9 Å². The van der Waals surface area contributed by atoms with E-state index in [0.717, 1.165) is 19.5 Å². The molecule has 0 aliphatic carbocycles. The van der Waals surface area contributed by atoms with E-state index in [9.17, 15) is 4.79 Å². The van der Waals surface area contributed by atoms with E-state index in [0.29, 0.717) is 18.3 Å². The van der Waals surface area contributed by atoms with E-state index >= 15 is 0 Å². The molecule has 1 aliphatic rings. The molecule has 1 rings (SSSR count). The zero-order valence-electron chi connectivity index (χ0n) is 8.73. The second-order valence-electron chi connectivity index (χ2n) is 3.83. The van der Waals surface area contributed by atoms with Crippen LogP contribution in [-0.2, 0) is 0 Å². The maximum absolute atomic E-state index is 10.3. The van der Waals surface area contributed by atoms with Gasteiger partial charge in [0.1, 0.15) is 0 Å². The van der Waals surface area contributed by atoms with Crippen LogP contribution >= 0.6 is 12.6 Å². The quantitative estimate of drug-likeness (QED) is 0.331. The lowest BCUT2D eigenvalue weighted by Gasteiger charge is -2.20. The van der Waals surface area contributed by atoms with Gasteiger partial charge in [-0.2, -0.15) is 12.6 Å². The summed E-state index contributed by atoms with van der Waals surface area (Å²) in [6, 6.07) is 0. The number of hydrogen-bond acceptors (Lipinski definition) is 3. The largest absolute Gasteiger partial charge is 0.465 e. The lowest BCUT2D eigenvalue weighted by Crippen LogP contribution is -2.34. The molecule has 0 spiro atoms. The predicted molar refractivity (Wildman–Crippen MR) is 61.9 cm³/mol. The smallest absolute Gasteiger partial charge is 0.404 e. The number of hydrogen-bond donors (Lipinski definition) is 4. The van der Waals surface area contributed by atoms with E-state index in [-0.39, 0.29) is 5.25 Å². The summed E-state index contributed by atoms with van der Waals surface area (Å²) in [5, 5.41) is 18.3. The van der Waals surface area contributed by atoms with Crippen molar-refractivity contribution in [1.29, 1.82) is 5.41 Å². The first-order valence-electron chi connectivity index (χ1n) is 4.95. The Morgan fingerprint density at radius 2 is 2.47 bits per heavy atom. The fourth-order valence-corrected chi connectivity index (χ4v) is 2.10. The van der Waals surface area contributed by atoms with Crippen LogP contribution in [0.3, 0.4) is 0 Å². The van der Waals surface area contributed by atoms with Gasteiger partial charge in [-0.15, -0.1) is 0 Å². The highest BCUT2D eigenvalue weighted by molar-refractivity contribution is 7.81. The second kappa shape index (κ2) is 5.25. The third-order valence-corrected chi connectivity index (χ3v) is 3.31. The molecule has 86 valence electrons. The van der Waals surface area contributed by atoms with Gasteiger partial charge in [0.2, 0.25) is 0 Å². The molecule has 1 fully saturated rings. The minimum atomic E-state index is -1.01. The van der Waals surface area contributed by atoms with Crippen molar-refractivity contribution in [2.45, 2.75) is 18.6 Å². The second-order valence-corrected chi connectivity index (χ2v) is 4.50. The van der Waals surface area contributed by atoms with E-state index in [1.165, 1.54) is 0 Å². The van der Waals surface area contributed by atoms with Gasteiger partial charge in [-0.25, -0.2) is 4.79 Å². The van der Waals surface area contributed by atoms with Gasteiger partial charge in [0.25, 0.3) is 0 Å². The van der Waals surface area contributed by atoms with Crippen LogP contribution in [0.1, 0.15) is 13.3 Å². The molecule has 0 radical (unpaired) electrons. The first kappa shape index (κ1) is 12.2. The van der Waals surface area contributed by atoms with Crippen LogP contribution in [-0.4, -0.2) is 46.8 Å². The van der Waals surface area contributed by atoms with Crippen molar-refractivity contribution in [3.05, 3.63) is 0 Å². The summed E-state index contributed by atoms with van der Waals surface area (Å²) < 4.78 is 0. The van der Waals surface area contributed by atoms with Crippen molar-refractivity contribution in [3.8, 4) is 0 Å². The topological polar surface area (TPSA) is 76.4 Å². The Morgan fingerprint density at radius 3 is 2.93 bits per heavy atom. The fourth-order valence-electron chi connectivity index (χ4n) is 1.76. The van der Waals surface area contributed by atoms with Crippen molar-refractivity contribution < 1.29 is 9.90 Å². The van der Waals surface area contributed by atoms with Crippen molar-refractivity contribution in [2.24, 2.45) is 5.92 Å². The Hall–Kier alpha value is -0.910. The zero-order chi connectivity index (χ0) is 11.4. The van der Waals surface area contributed by atoms with Crippen LogP contribution < -0.4 is 5.32 Å². The summed E-state index contributed by atoms with van der Waals surface area (Å²) in [5.74, 6) is 0.935. The van der Waals surface area contributed by atoms with E-state index in [2.05, 4.69) is 17.9 Å². The van der Waals surface area contributed by atoms with Crippen molar-refractivity contribution in [3.63, 3.8) is 0 Å². The van der Waals surface area contributed by atoms with E-state index < -0.39 is 6.09 Å². The van der Waals surface area contributed by atoms with Crippen molar-refractivity contribution >= 4 is 24.6 Å². The first-order valence-corrected chi connectivity index (χ1v) is 5.47. The number of amidine groups is 1. The number of likely N-dealkylation sites (tertiary alicyclic amines) is 1. The number of nitrogens with zero attached hydrogens (tertiary/aromatic N) is 1. The summed E-state index contributed by atoms with van der Waals surface area (Å²) in [6.07, 6.45) is -0.0294. The zero-order valence-corrected chi connectivity index (χ0v) is 9.63. The Labute approximate surface area is 94.8 Å². The molecule has 0 bridgehead atoms. The highest BCUT2D eigenvalue weighted by Gasteiger charge is 2.27. The molecule has 6 heteroatoms. The Balaban J connectivity index is 2.33. The highest BCUT2D eigenvalue weighted by atomic mass is 32.1. The maximum Gasteiger partial charge on any atom is 0.404 e. The summed E-state index contributed by atoms with van der Waals surface area (Å²) >= 11 is 4.39. The molecule has 1 aliphatic heterocycles. The SMILES string of the molecule is CC(=N)N1CCC(C(S)CNC(=O)O)C1. The molecule has 0 aromatic carbocycles. The van der Waals surface area contributed by atoms with Gasteiger partial charge < -0.3 is 15.3 Å². The van der Waals surface area contributed by atoms with Crippen LogP contribution in [0.25, 0.3) is 0 Å². The summed E-state index contributed by atoms with van der Waals surface area (Å²) in [7, 11) is 0. The summed E-state index contributed by atoms with van der Waals surface area (Å²) in [6.45, 7) is 3.83. The molecule has 3 N–H and O–H groups in total. The molecule has 1 saturated heterocycles. The summed E-state index contributed by atoms with van der Waals surface area (Å²) in [5.41, 5.74) is 0. The van der Waals surface area contributed by atoms with Gasteiger partial charge in [0.15, 0.2) is 0 Å². The Bertz CT molecular complexity index is 260. The minimum absolute atomic E-state index is 0.0328. The molecule has 2 unspecified atom stereocenters. The molecular weight excluding hydrogens is 214 g/mol. The lowest BCUT2D eigenvalue weighted by atomic mass is 10.0. The third-order valence-electron chi connectivity index (χ3n) is 2.71. The normalized spacial score (nSPS) is 22.5. The number of carboxylic acid groups (broad SMARTS) is 1. The highest BCUT2D eigenvalue weighted by Crippen LogP contribution is 2.22. The Kier molecular flexibility index (Phi) is 4.26. The standard InChI is InChI=1S/C9H17N3O2S/c1-6(10)12-3-2-7(5-12)8(15)4-11-9(13)14/h7-8,10-11,15H,2-5H2,1H3,(H,13,14). The third kappa shape index (κ3) is 3.62. The number of thiol groups is 1. The van der Waals surface area contributed by atoms with Gasteiger partial charge in [-0.1, -0.05) is 0 Å². The maximum atomic E-state index is 10.3. The van der Waals surface area contributed by atoms with E-state index in [4.69, 9.17) is 10.5 Å². The summed E-state index contributed by atoms with van der Waals surface area (Å²) in [4.78, 5) is 12.3. The number of amides is 1. The molecule has 2 atom stereocenters. The Morgan fingerprint density at radius 1 is 1.80 bits per heavy atom. The molecule has 1 heterocycles. The number of carbonyl (C=O) groups is 1. The molecular formula is C9H17N3O2S. The molecule has 0 aromatic rings. The molecule has 1 amide bonds. The molecule has 15 heavy (non-hydrogen) atoms. The fraction of sp³-hybridized carbons (Fsp3) is 0.778. The van der Waals surface area contributed by atoms with Gasteiger partial charge in [0.05, 0.1) is 5.84 Å². The first-order chi connectivity index (χ1) is 7.00. The van der Waals surface area contributed by atoms with Crippen molar-refractivity contribution in [1.82, 2.24) is 10.2 Å². The number of nitrogens with one attached hydrogen (secondary N) is 2. The molecule has 0 aromatic heterocycles. The van der Waals surface area contributed by atoms with E-state index in [1.54, 1.807) is 6.92 Å². The van der Waals surface area contributed by atoms with Crippen LogP contribution in [0.5, 0.6) is 0 Å². The predicted octanol–water partition coefficient (Wildman–Crippen LogP) is 0.871. The van der Waals surface area contributed by atoms with Gasteiger partial charge in [-0.3, -0.25) is 5.41 Å². The van der Waals surface area contributed by atoms with Crippen LogP contribution in [0, 0.1) is 11.3 Å². The van der Waals surface area contributed by atoms with Crippen molar-refractivity contribution in [2.75, 3.05) is 19.6 Å². The monoisotopic (exact) mass is 231 g/mol. The lowest BCUT2D eigenvalue weighted by molar-refractivity contribution is 0.194. The number of rotatable bonds is 3. The average Bonchev–Trinajstić information content (AvgIpc) is 2.62. The van der Waals surface area contributed by atoms with Gasteiger partial charge in [-0.05, 0) is 19.3 Å². The van der Waals surface area contributed by atoms with Crippen LogP contribution in [0.4, 0.5) is 4.79 Å². The molecule has 5 nitrogen and oxygen atoms in total. The van der Waals surface area contributed by atoms with Gasteiger partial charge >= 0.3 is 6.09 Å². The minimum Gasteiger partial charge on any atom is -0.465 e. The molecule has 0 saturated carbocycles.